The number of fused-ring (bicyclic) bond motifs is 1. The van der Waals surface area contributed by atoms with Gasteiger partial charge in [-0.2, -0.15) is 0 Å². The van der Waals surface area contributed by atoms with E-state index >= 15 is 0 Å². The molecule has 1 amide bonds. The van der Waals surface area contributed by atoms with E-state index in [4.69, 9.17) is 5.84 Å². The molecule has 68 valence electrons. The quantitative estimate of drug-likeness (QED) is 0.402. The summed E-state index contributed by atoms with van der Waals surface area (Å²) in [6, 6.07) is 3.81. The minimum absolute atomic E-state index is 0.258. The highest BCUT2D eigenvalue weighted by Crippen LogP contribution is 2.23. The molecule has 3 N–H and O–H groups in total. The van der Waals surface area contributed by atoms with Gasteiger partial charge < -0.3 is 4.57 Å². The maximum atomic E-state index is 11.2. The average molecular weight is 195 g/mol. The molecule has 5 heteroatoms. The van der Waals surface area contributed by atoms with E-state index in [0.29, 0.717) is 5.69 Å². The number of carbonyl (C=O) groups is 1. The van der Waals surface area contributed by atoms with Crippen LogP contribution in [-0.2, 0) is 7.05 Å². The first-order valence-electron chi connectivity index (χ1n) is 3.78. The lowest BCUT2D eigenvalue weighted by Crippen LogP contribution is -2.31. The molecule has 0 saturated carbocycles. The highest BCUT2D eigenvalue weighted by molar-refractivity contribution is 7.17. The van der Waals surface area contributed by atoms with Crippen molar-refractivity contribution >= 4 is 27.5 Å². The van der Waals surface area contributed by atoms with E-state index in [-0.39, 0.29) is 5.91 Å². The Hall–Kier alpha value is -1.33. The molecule has 0 saturated heterocycles. The first kappa shape index (κ1) is 8.28. The number of carbonyl (C=O) groups excluding carboxylic acids is 1. The van der Waals surface area contributed by atoms with Crippen molar-refractivity contribution < 1.29 is 4.79 Å². The third kappa shape index (κ3) is 1.13. The van der Waals surface area contributed by atoms with Crippen LogP contribution in [0.25, 0.3) is 10.2 Å². The summed E-state index contributed by atoms with van der Waals surface area (Å²) in [5.74, 6) is 4.80. The molecule has 0 spiro atoms. The van der Waals surface area contributed by atoms with Gasteiger partial charge in [0.2, 0.25) is 0 Å². The molecule has 2 aromatic rings. The Balaban J connectivity index is 2.64. The number of aryl methyl sites for hydroxylation is 1. The van der Waals surface area contributed by atoms with E-state index < -0.39 is 0 Å². The van der Waals surface area contributed by atoms with Crippen molar-refractivity contribution in [1.82, 2.24) is 9.99 Å². The van der Waals surface area contributed by atoms with Crippen LogP contribution in [0.15, 0.2) is 17.5 Å². The van der Waals surface area contributed by atoms with Crippen LogP contribution in [0.1, 0.15) is 10.5 Å². The van der Waals surface area contributed by atoms with Crippen LogP contribution in [0.4, 0.5) is 0 Å². The molecule has 4 nitrogen and oxygen atoms in total. The third-order valence-corrected chi connectivity index (χ3v) is 2.88. The minimum Gasteiger partial charge on any atom is -0.339 e. The third-order valence-electron chi connectivity index (χ3n) is 2.03. The van der Waals surface area contributed by atoms with Gasteiger partial charge >= 0.3 is 0 Å². The second-order valence-electron chi connectivity index (χ2n) is 2.73. The molecule has 0 aliphatic carbocycles. The van der Waals surface area contributed by atoms with Crippen LogP contribution in [0.2, 0.25) is 0 Å². The van der Waals surface area contributed by atoms with Gasteiger partial charge in [-0.3, -0.25) is 10.2 Å². The number of hydrogen-bond donors (Lipinski definition) is 2. The zero-order chi connectivity index (χ0) is 9.42. The molecular formula is C8H9N3OS. The van der Waals surface area contributed by atoms with Gasteiger partial charge in [-0.15, -0.1) is 11.3 Å². The lowest BCUT2D eigenvalue weighted by atomic mass is 10.4. The van der Waals surface area contributed by atoms with Gasteiger partial charge in [0.05, 0.1) is 10.2 Å². The summed E-state index contributed by atoms with van der Waals surface area (Å²) in [7, 11) is 1.85. The van der Waals surface area contributed by atoms with E-state index in [1.807, 2.05) is 29.1 Å². The Morgan fingerprint density at radius 3 is 3.08 bits per heavy atom. The average Bonchev–Trinajstić information content (AvgIpc) is 2.68. The van der Waals surface area contributed by atoms with E-state index in [0.717, 1.165) is 10.2 Å². The molecule has 0 bridgehead atoms. The molecule has 0 radical (unpaired) electrons. The van der Waals surface area contributed by atoms with Crippen molar-refractivity contribution in [2.75, 3.05) is 0 Å². The molecule has 0 atom stereocenters. The lowest BCUT2D eigenvalue weighted by molar-refractivity contribution is 0.0946. The predicted molar refractivity (Wildman–Crippen MR) is 52.4 cm³/mol. The zero-order valence-electron chi connectivity index (χ0n) is 7.07. The number of hydrogen-bond acceptors (Lipinski definition) is 3. The largest absolute Gasteiger partial charge is 0.339 e. The molecule has 0 aliphatic heterocycles. The maximum absolute atomic E-state index is 11.2. The Labute approximate surface area is 78.9 Å². The van der Waals surface area contributed by atoms with Crippen LogP contribution < -0.4 is 11.3 Å². The van der Waals surface area contributed by atoms with Crippen molar-refractivity contribution in [3.8, 4) is 0 Å². The summed E-state index contributed by atoms with van der Waals surface area (Å²) in [5, 5.41) is 1.99. The topological polar surface area (TPSA) is 60.0 Å². The standard InChI is InChI=1S/C8H9N3OS/c1-11-5-2-3-13-7(5)4-6(11)8(12)10-9/h2-4H,9H2,1H3,(H,10,12). The number of nitrogens with one attached hydrogen (secondary N) is 1. The Kier molecular flexibility index (Phi) is 1.82. The second kappa shape index (κ2) is 2.86. The smallest absolute Gasteiger partial charge is 0.281 e. The van der Waals surface area contributed by atoms with Gasteiger partial charge in [0, 0.05) is 7.05 Å². The molecule has 2 aromatic heterocycles. The van der Waals surface area contributed by atoms with E-state index in [2.05, 4.69) is 5.43 Å². The van der Waals surface area contributed by atoms with Crippen molar-refractivity contribution in [2.24, 2.45) is 12.9 Å². The summed E-state index contributed by atoms with van der Waals surface area (Å²) in [4.78, 5) is 11.2. The molecule has 2 heterocycles. The van der Waals surface area contributed by atoms with Crippen molar-refractivity contribution in [1.29, 1.82) is 0 Å². The fourth-order valence-corrected chi connectivity index (χ4v) is 2.19. The number of nitrogen functional groups attached to an aromatic ring is 1. The second-order valence-corrected chi connectivity index (χ2v) is 3.68. The summed E-state index contributed by atoms with van der Waals surface area (Å²) in [6.07, 6.45) is 0. The number of hydrazine groups is 1. The number of aromatic nitrogens is 1. The van der Waals surface area contributed by atoms with Crippen molar-refractivity contribution in [3.05, 3.63) is 23.2 Å². The number of rotatable bonds is 1. The zero-order valence-corrected chi connectivity index (χ0v) is 7.89. The van der Waals surface area contributed by atoms with Crippen LogP contribution >= 0.6 is 11.3 Å². The minimum atomic E-state index is -0.258. The van der Waals surface area contributed by atoms with Gasteiger partial charge in [0.25, 0.3) is 5.91 Å². The highest BCUT2D eigenvalue weighted by Gasteiger charge is 2.12. The fraction of sp³-hybridized carbons (Fsp3) is 0.125. The highest BCUT2D eigenvalue weighted by atomic mass is 32.1. The molecule has 13 heavy (non-hydrogen) atoms. The van der Waals surface area contributed by atoms with Crippen LogP contribution in [0.5, 0.6) is 0 Å². The van der Waals surface area contributed by atoms with Gasteiger partial charge in [-0.25, -0.2) is 5.84 Å². The lowest BCUT2D eigenvalue weighted by Gasteiger charge is -2.00. The molecule has 0 unspecified atom stereocenters. The van der Waals surface area contributed by atoms with Gasteiger partial charge in [-0.05, 0) is 17.5 Å². The van der Waals surface area contributed by atoms with E-state index in [1.165, 1.54) is 0 Å². The molecule has 0 fully saturated rings. The van der Waals surface area contributed by atoms with Crippen molar-refractivity contribution in [2.45, 2.75) is 0 Å². The molecule has 2 rings (SSSR count). The summed E-state index contributed by atoms with van der Waals surface area (Å²) < 4.78 is 2.93. The number of thiophene rings is 1. The number of nitrogens with two attached hydrogens (primary N) is 1. The Bertz CT molecular complexity index is 457. The van der Waals surface area contributed by atoms with E-state index in [9.17, 15) is 4.79 Å². The van der Waals surface area contributed by atoms with Crippen LogP contribution in [-0.4, -0.2) is 10.5 Å². The first-order chi connectivity index (χ1) is 6.24. The first-order valence-corrected chi connectivity index (χ1v) is 4.66. The maximum Gasteiger partial charge on any atom is 0.281 e. The SMILES string of the molecule is Cn1c(C(=O)NN)cc2sccc21. The Morgan fingerprint density at radius 2 is 2.46 bits per heavy atom. The summed E-state index contributed by atoms with van der Waals surface area (Å²) in [6.45, 7) is 0. The summed E-state index contributed by atoms with van der Waals surface area (Å²) >= 11 is 1.61. The van der Waals surface area contributed by atoms with Gasteiger partial charge in [0.15, 0.2) is 0 Å². The van der Waals surface area contributed by atoms with Crippen LogP contribution in [0, 0.1) is 0 Å². The monoisotopic (exact) mass is 195 g/mol. The molecule has 0 aromatic carbocycles. The van der Waals surface area contributed by atoms with Gasteiger partial charge in [-0.1, -0.05) is 0 Å². The number of nitrogens with zero attached hydrogens (tertiary/aromatic N) is 1. The predicted octanol–water partition coefficient (Wildman–Crippen LogP) is 0.843. The van der Waals surface area contributed by atoms with Crippen molar-refractivity contribution in [3.63, 3.8) is 0 Å². The molecular weight excluding hydrogens is 186 g/mol. The van der Waals surface area contributed by atoms with E-state index in [1.54, 1.807) is 11.3 Å². The molecule has 0 aliphatic rings. The Morgan fingerprint density at radius 1 is 1.69 bits per heavy atom. The van der Waals surface area contributed by atoms with Gasteiger partial charge in [0.1, 0.15) is 5.69 Å². The normalized spacial score (nSPS) is 10.6. The summed E-state index contributed by atoms with van der Waals surface area (Å²) in [5.41, 5.74) is 3.76. The van der Waals surface area contributed by atoms with Crippen LogP contribution in [0.3, 0.4) is 0 Å². The number of amides is 1. The fourth-order valence-electron chi connectivity index (χ4n) is 1.34.